The average Bonchev–Trinajstić information content (AvgIpc) is 2.54. The number of nitrogens with zero attached hydrogens (tertiary/aromatic N) is 3. The summed E-state index contributed by atoms with van der Waals surface area (Å²) in [5.74, 6) is 0.385. The molecule has 1 N–H and O–H groups in total. The molecule has 0 unspecified atom stereocenters. The first-order valence-electron chi connectivity index (χ1n) is 8.33. The zero-order valence-corrected chi connectivity index (χ0v) is 14.8. The number of urea groups is 1. The van der Waals surface area contributed by atoms with Crippen LogP contribution in [0.2, 0.25) is 0 Å². The van der Waals surface area contributed by atoms with Crippen molar-refractivity contribution in [1.82, 2.24) is 9.80 Å². The van der Waals surface area contributed by atoms with Crippen LogP contribution in [0.1, 0.15) is 25.8 Å². The second-order valence-electron chi connectivity index (χ2n) is 6.59. The van der Waals surface area contributed by atoms with Gasteiger partial charge in [-0.25, -0.2) is 4.79 Å². The molecule has 7 heteroatoms. The Morgan fingerprint density at radius 2 is 2.21 bits per heavy atom. The highest BCUT2D eigenvalue weighted by Gasteiger charge is 2.30. The van der Waals surface area contributed by atoms with Crippen molar-refractivity contribution in [3.8, 4) is 0 Å². The number of rotatable bonds is 4. The van der Waals surface area contributed by atoms with Gasteiger partial charge in [0.25, 0.3) is 5.69 Å². The summed E-state index contributed by atoms with van der Waals surface area (Å²) in [7, 11) is 3.87. The van der Waals surface area contributed by atoms with Gasteiger partial charge in [0, 0.05) is 37.0 Å². The molecule has 1 aromatic rings. The summed E-state index contributed by atoms with van der Waals surface area (Å²) in [5.41, 5.74) is 1.16. The second-order valence-corrected chi connectivity index (χ2v) is 6.59. The van der Waals surface area contributed by atoms with Crippen LogP contribution in [0.15, 0.2) is 18.2 Å². The lowest BCUT2D eigenvalue weighted by molar-refractivity contribution is -0.385. The number of anilines is 1. The SMILES string of the molecule is CCc1ccc(NC(=O)N(C)[C@@H]2CCN(C)C[C@H]2C)cc1[N+](=O)[O-]. The van der Waals surface area contributed by atoms with E-state index in [2.05, 4.69) is 24.2 Å². The highest BCUT2D eigenvalue weighted by atomic mass is 16.6. The van der Waals surface area contributed by atoms with E-state index in [4.69, 9.17) is 0 Å². The van der Waals surface area contributed by atoms with Gasteiger partial charge in [-0.3, -0.25) is 10.1 Å². The molecule has 2 amide bonds. The number of piperidine rings is 1. The van der Waals surface area contributed by atoms with Crippen molar-refractivity contribution in [2.24, 2.45) is 5.92 Å². The molecule has 1 aromatic carbocycles. The van der Waals surface area contributed by atoms with Gasteiger partial charge in [0.05, 0.1) is 4.92 Å². The van der Waals surface area contributed by atoms with Crippen molar-refractivity contribution in [3.63, 3.8) is 0 Å². The zero-order valence-electron chi connectivity index (χ0n) is 14.8. The minimum absolute atomic E-state index is 0.0469. The largest absolute Gasteiger partial charge is 0.324 e. The smallest absolute Gasteiger partial charge is 0.321 e. The number of nitro groups is 1. The standard InChI is InChI=1S/C17H26N4O3/c1-5-13-6-7-14(10-16(13)21(23)24)18-17(22)20(4)15-8-9-19(3)11-12(15)2/h6-7,10,12,15H,5,8-9,11H2,1-4H3,(H,18,22)/t12-,15-/m1/s1. The van der Waals surface area contributed by atoms with E-state index in [1.165, 1.54) is 6.07 Å². The number of nitrogens with one attached hydrogen (secondary N) is 1. The predicted molar refractivity (Wildman–Crippen MR) is 94.3 cm³/mol. The molecule has 0 aliphatic carbocycles. The fourth-order valence-corrected chi connectivity index (χ4v) is 3.39. The maximum absolute atomic E-state index is 12.5. The molecule has 0 spiro atoms. The summed E-state index contributed by atoms with van der Waals surface area (Å²) in [6, 6.07) is 4.80. The second kappa shape index (κ2) is 7.61. The molecule has 2 atom stereocenters. The molecule has 1 aliphatic rings. The molecule has 1 fully saturated rings. The van der Waals surface area contributed by atoms with E-state index >= 15 is 0 Å². The number of hydrogen-bond donors (Lipinski definition) is 1. The van der Waals surface area contributed by atoms with Crippen molar-refractivity contribution in [1.29, 1.82) is 0 Å². The van der Waals surface area contributed by atoms with Gasteiger partial charge in [0.1, 0.15) is 0 Å². The summed E-state index contributed by atoms with van der Waals surface area (Å²) in [6.07, 6.45) is 1.51. The van der Waals surface area contributed by atoms with Gasteiger partial charge in [0.15, 0.2) is 0 Å². The number of aryl methyl sites for hydroxylation is 1. The number of carbonyl (C=O) groups is 1. The number of hydrogen-bond acceptors (Lipinski definition) is 4. The van der Waals surface area contributed by atoms with E-state index < -0.39 is 4.92 Å². The van der Waals surface area contributed by atoms with Gasteiger partial charge in [-0.1, -0.05) is 19.9 Å². The van der Waals surface area contributed by atoms with E-state index in [1.54, 1.807) is 24.1 Å². The lowest BCUT2D eigenvalue weighted by atomic mass is 9.93. The minimum atomic E-state index is -0.406. The molecule has 2 rings (SSSR count). The van der Waals surface area contributed by atoms with Crippen LogP contribution in [0.5, 0.6) is 0 Å². The number of benzene rings is 1. The maximum Gasteiger partial charge on any atom is 0.321 e. The molecule has 0 radical (unpaired) electrons. The third-order valence-electron chi connectivity index (χ3n) is 4.80. The van der Waals surface area contributed by atoms with Crippen LogP contribution < -0.4 is 5.32 Å². The van der Waals surface area contributed by atoms with Crippen LogP contribution in [-0.2, 0) is 6.42 Å². The highest BCUT2D eigenvalue weighted by molar-refractivity contribution is 5.89. The number of amides is 2. The van der Waals surface area contributed by atoms with Gasteiger partial charge in [0.2, 0.25) is 0 Å². The van der Waals surface area contributed by atoms with Crippen LogP contribution in [0.4, 0.5) is 16.2 Å². The van der Waals surface area contributed by atoms with Gasteiger partial charge < -0.3 is 15.1 Å². The molecule has 132 valence electrons. The van der Waals surface area contributed by atoms with E-state index in [0.29, 0.717) is 23.6 Å². The fraction of sp³-hybridized carbons (Fsp3) is 0.588. The summed E-state index contributed by atoms with van der Waals surface area (Å²) in [6.45, 7) is 5.93. The molecule has 24 heavy (non-hydrogen) atoms. The molecule has 1 aliphatic heterocycles. The maximum atomic E-state index is 12.5. The molecule has 0 bridgehead atoms. The Kier molecular flexibility index (Phi) is 5.77. The van der Waals surface area contributed by atoms with Gasteiger partial charge >= 0.3 is 6.03 Å². The minimum Gasteiger partial charge on any atom is -0.324 e. The highest BCUT2D eigenvalue weighted by Crippen LogP contribution is 2.25. The lowest BCUT2D eigenvalue weighted by Crippen LogP contribution is -2.50. The quantitative estimate of drug-likeness (QED) is 0.678. The number of nitro benzene ring substituents is 1. The molecule has 0 saturated carbocycles. The first-order chi connectivity index (χ1) is 11.3. The Labute approximate surface area is 142 Å². The average molecular weight is 334 g/mol. The van der Waals surface area contributed by atoms with Crippen molar-refractivity contribution >= 4 is 17.4 Å². The van der Waals surface area contributed by atoms with Crippen LogP contribution in [0.25, 0.3) is 0 Å². The van der Waals surface area contributed by atoms with Crippen LogP contribution in [0.3, 0.4) is 0 Å². The molecule has 1 heterocycles. The van der Waals surface area contributed by atoms with Crippen LogP contribution in [-0.4, -0.2) is 54.0 Å². The lowest BCUT2D eigenvalue weighted by Gasteiger charge is -2.39. The van der Waals surface area contributed by atoms with Crippen molar-refractivity contribution in [2.45, 2.75) is 32.7 Å². The first kappa shape index (κ1) is 18.2. The molecule has 1 saturated heterocycles. The molecular weight excluding hydrogens is 308 g/mol. The summed E-state index contributed by atoms with van der Waals surface area (Å²) in [4.78, 5) is 27.2. The monoisotopic (exact) mass is 334 g/mol. The Hall–Kier alpha value is -2.15. The van der Waals surface area contributed by atoms with Crippen LogP contribution >= 0.6 is 0 Å². The molecule has 0 aromatic heterocycles. The van der Waals surface area contributed by atoms with E-state index in [-0.39, 0.29) is 17.8 Å². The third-order valence-corrected chi connectivity index (χ3v) is 4.80. The summed E-state index contributed by atoms with van der Waals surface area (Å²) < 4.78 is 0. The zero-order chi connectivity index (χ0) is 17.9. The summed E-state index contributed by atoms with van der Waals surface area (Å²) in [5, 5.41) is 13.9. The van der Waals surface area contributed by atoms with Crippen LogP contribution in [0, 0.1) is 16.0 Å². The van der Waals surface area contributed by atoms with Crippen molar-refractivity contribution in [3.05, 3.63) is 33.9 Å². The van der Waals surface area contributed by atoms with Crippen molar-refractivity contribution in [2.75, 3.05) is 32.5 Å². The van der Waals surface area contributed by atoms with Crippen molar-refractivity contribution < 1.29 is 9.72 Å². The fourth-order valence-electron chi connectivity index (χ4n) is 3.39. The first-order valence-corrected chi connectivity index (χ1v) is 8.33. The number of carbonyl (C=O) groups excluding carboxylic acids is 1. The van der Waals surface area contributed by atoms with E-state index in [0.717, 1.165) is 19.5 Å². The molecule has 7 nitrogen and oxygen atoms in total. The topological polar surface area (TPSA) is 78.7 Å². The Morgan fingerprint density at radius 3 is 2.79 bits per heavy atom. The summed E-state index contributed by atoms with van der Waals surface area (Å²) >= 11 is 0. The Morgan fingerprint density at radius 1 is 1.50 bits per heavy atom. The third kappa shape index (κ3) is 4.03. The molecular formula is C17H26N4O3. The predicted octanol–water partition coefficient (Wildman–Crippen LogP) is 2.96. The van der Waals surface area contributed by atoms with Gasteiger partial charge in [-0.15, -0.1) is 0 Å². The van der Waals surface area contributed by atoms with E-state index in [1.807, 2.05) is 6.92 Å². The number of likely N-dealkylation sites (tertiary alicyclic amines) is 1. The van der Waals surface area contributed by atoms with Gasteiger partial charge in [-0.05, 0) is 38.4 Å². The normalized spacial score (nSPS) is 21.3. The Bertz CT molecular complexity index is 620. The Balaban J connectivity index is 2.09. The van der Waals surface area contributed by atoms with Gasteiger partial charge in [-0.2, -0.15) is 0 Å². The van der Waals surface area contributed by atoms with E-state index in [9.17, 15) is 14.9 Å².